The van der Waals surface area contributed by atoms with E-state index in [4.69, 9.17) is 16.3 Å². The molecule has 0 spiro atoms. The third kappa shape index (κ3) is 3.53. The van der Waals surface area contributed by atoms with E-state index in [1.54, 1.807) is 6.20 Å². The Kier molecular flexibility index (Phi) is 4.66. The molecular formula is C8H9ClF3NOS. The quantitative estimate of drug-likeness (QED) is 0.767. The van der Waals surface area contributed by atoms with E-state index in [0.29, 0.717) is 0 Å². The van der Waals surface area contributed by atoms with Gasteiger partial charge in [0, 0.05) is 18.4 Å². The maximum atomic E-state index is 12.4. The van der Waals surface area contributed by atoms with Crippen LogP contribution in [0.25, 0.3) is 0 Å². The van der Waals surface area contributed by atoms with Crippen LogP contribution in [0, 0.1) is 0 Å². The lowest BCUT2D eigenvalue weighted by molar-refractivity contribution is 0.139. The second-order valence-corrected chi connectivity index (χ2v) is 4.34. The summed E-state index contributed by atoms with van der Waals surface area (Å²) in [5, 5.41) is 1.97. The molecule has 2 nitrogen and oxygen atoms in total. The van der Waals surface area contributed by atoms with E-state index in [-0.39, 0.29) is 18.1 Å². The van der Waals surface area contributed by atoms with Crippen molar-refractivity contribution in [2.45, 2.75) is 11.5 Å². The molecule has 1 N–H and O–H groups in total. The Balaban J connectivity index is 2.33. The first kappa shape index (κ1) is 12.6. The molecule has 1 aliphatic heterocycles. The lowest BCUT2D eigenvalue weighted by Gasteiger charge is -2.25. The summed E-state index contributed by atoms with van der Waals surface area (Å²) in [7, 11) is 0. The fourth-order valence-electron chi connectivity index (χ4n) is 0.923. The highest BCUT2D eigenvalue weighted by Gasteiger charge is 2.32. The third-order valence-corrected chi connectivity index (χ3v) is 3.44. The van der Waals surface area contributed by atoms with Gasteiger partial charge in [-0.2, -0.15) is 8.78 Å². The summed E-state index contributed by atoms with van der Waals surface area (Å²) in [4.78, 5) is 0. The molecule has 86 valence electrons. The van der Waals surface area contributed by atoms with Crippen LogP contribution in [0.1, 0.15) is 6.42 Å². The van der Waals surface area contributed by atoms with Crippen molar-refractivity contribution < 1.29 is 17.9 Å². The van der Waals surface area contributed by atoms with E-state index >= 15 is 0 Å². The molecule has 0 aromatic rings. The topological polar surface area (TPSA) is 21.3 Å². The molecule has 0 saturated carbocycles. The fraction of sp³-hybridized carbons (Fsp3) is 0.500. The number of thioether (sulfide) groups is 1. The molecule has 1 atom stereocenters. The van der Waals surface area contributed by atoms with Crippen molar-refractivity contribution >= 4 is 23.4 Å². The molecule has 1 rings (SSSR count). The number of allylic oxidation sites excluding steroid dienone is 1. The van der Waals surface area contributed by atoms with E-state index in [2.05, 4.69) is 5.32 Å². The predicted octanol–water partition coefficient (Wildman–Crippen LogP) is 3.17. The van der Waals surface area contributed by atoms with Gasteiger partial charge in [-0.15, -0.1) is 11.6 Å². The maximum absolute atomic E-state index is 12.4. The van der Waals surface area contributed by atoms with Gasteiger partial charge in [-0.1, -0.05) is 11.8 Å². The number of nitrogens with one attached hydrogen (secondary N) is 1. The van der Waals surface area contributed by atoms with Crippen molar-refractivity contribution in [1.29, 1.82) is 0 Å². The molecule has 1 aliphatic rings. The van der Waals surface area contributed by atoms with Crippen molar-refractivity contribution in [3.05, 3.63) is 24.4 Å². The maximum Gasteiger partial charge on any atom is 0.301 e. The number of alkyl halides is 1. The highest BCUT2D eigenvalue weighted by Crippen LogP contribution is 2.30. The zero-order valence-corrected chi connectivity index (χ0v) is 9.18. The molecule has 0 bridgehead atoms. The van der Waals surface area contributed by atoms with Gasteiger partial charge in [-0.25, -0.2) is 4.39 Å². The first-order valence-electron chi connectivity index (χ1n) is 4.10. The van der Waals surface area contributed by atoms with Crippen LogP contribution >= 0.6 is 23.4 Å². The van der Waals surface area contributed by atoms with E-state index in [1.807, 2.05) is 0 Å². The number of ether oxygens (including phenoxy) is 1. The first-order chi connectivity index (χ1) is 7.09. The van der Waals surface area contributed by atoms with Gasteiger partial charge in [0.05, 0.1) is 5.88 Å². The van der Waals surface area contributed by atoms with Crippen molar-refractivity contribution in [1.82, 2.24) is 5.32 Å². The SMILES string of the molecule is FC(F)=C(F)CCSC1(CCl)NC=CO1. The molecule has 15 heavy (non-hydrogen) atoms. The number of hydrogen-bond acceptors (Lipinski definition) is 3. The van der Waals surface area contributed by atoms with Crippen LogP contribution in [-0.4, -0.2) is 16.7 Å². The normalized spacial score (nSPS) is 23.5. The van der Waals surface area contributed by atoms with Gasteiger partial charge in [0.15, 0.2) is 5.83 Å². The molecular weight excluding hydrogens is 251 g/mol. The molecule has 0 radical (unpaired) electrons. The molecule has 1 heterocycles. The van der Waals surface area contributed by atoms with Crippen LogP contribution in [0.4, 0.5) is 13.2 Å². The van der Waals surface area contributed by atoms with Gasteiger partial charge >= 0.3 is 6.08 Å². The van der Waals surface area contributed by atoms with Gasteiger partial charge in [0.1, 0.15) is 6.26 Å². The smallest absolute Gasteiger partial charge is 0.301 e. The number of halogens is 4. The van der Waals surface area contributed by atoms with E-state index < -0.39 is 17.0 Å². The minimum Gasteiger partial charge on any atom is -0.464 e. The molecule has 0 fully saturated rings. The largest absolute Gasteiger partial charge is 0.464 e. The van der Waals surface area contributed by atoms with Crippen LogP contribution in [0.2, 0.25) is 0 Å². The number of rotatable bonds is 5. The predicted molar refractivity (Wildman–Crippen MR) is 54.2 cm³/mol. The number of hydrogen-bond donors (Lipinski definition) is 1. The van der Waals surface area contributed by atoms with E-state index in [9.17, 15) is 13.2 Å². The lowest BCUT2D eigenvalue weighted by Crippen LogP contribution is -2.39. The molecule has 7 heteroatoms. The molecule has 0 aliphatic carbocycles. The summed E-state index contributed by atoms with van der Waals surface area (Å²) in [5.41, 5.74) is 0. The van der Waals surface area contributed by atoms with Crippen LogP contribution in [0.15, 0.2) is 24.4 Å². The van der Waals surface area contributed by atoms with Crippen LogP contribution in [0.3, 0.4) is 0 Å². The van der Waals surface area contributed by atoms with E-state index in [1.165, 1.54) is 6.26 Å². The standard InChI is InChI=1S/C8H9ClF3NOS/c9-5-8(13-2-3-14-8)15-4-1-6(10)7(11)12/h2-3,13H,1,4-5H2. The molecule has 0 aromatic carbocycles. The Morgan fingerprint density at radius 2 is 2.20 bits per heavy atom. The van der Waals surface area contributed by atoms with Crippen LogP contribution < -0.4 is 5.32 Å². The second-order valence-electron chi connectivity index (χ2n) is 2.72. The highest BCUT2D eigenvalue weighted by molar-refractivity contribution is 8.00. The summed E-state index contributed by atoms with van der Waals surface area (Å²) in [6.07, 6.45) is 0.361. The third-order valence-electron chi connectivity index (χ3n) is 1.67. The van der Waals surface area contributed by atoms with Gasteiger partial charge < -0.3 is 10.1 Å². The molecule has 1 unspecified atom stereocenters. The molecule has 0 aromatic heterocycles. The molecule has 0 amide bonds. The first-order valence-corrected chi connectivity index (χ1v) is 5.62. The van der Waals surface area contributed by atoms with Crippen LogP contribution in [-0.2, 0) is 4.74 Å². The zero-order chi connectivity index (χ0) is 11.3. The van der Waals surface area contributed by atoms with Gasteiger partial charge in [0.2, 0.25) is 5.06 Å². The van der Waals surface area contributed by atoms with Crippen molar-refractivity contribution in [2.24, 2.45) is 0 Å². The second kappa shape index (κ2) is 5.55. The lowest BCUT2D eigenvalue weighted by atomic mass is 10.4. The Morgan fingerprint density at radius 1 is 1.47 bits per heavy atom. The summed E-state index contributed by atoms with van der Waals surface area (Å²) in [6, 6.07) is 0. The summed E-state index contributed by atoms with van der Waals surface area (Å²) in [5.74, 6) is -1.10. The summed E-state index contributed by atoms with van der Waals surface area (Å²) >= 11 is 6.78. The summed E-state index contributed by atoms with van der Waals surface area (Å²) in [6.45, 7) is 0. The average molecular weight is 260 g/mol. The van der Waals surface area contributed by atoms with Gasteiger partial charge in [0.25, 0.3) is 0 Å². The average Bonchev–Trinajstić information content (AvgIpc) is 2.67. The Hall–Kier alpha value is -0.490. The van der Waals surface area contributed by atoms with Gasteiger partial charge in [-0.05, 0) is 0 Å². The fourth-order valence-corrected chi connectivity index (χ4v) is 2.26. The Labute approximate surface area is 94.5 Å². The highest BCUT2D eigenvalue weighted by atomic mass is 35.5. The minimum absolute atomic E-state index is 0.133. The van der Waals surface area contributed by atoms with Crippen molar-refractivity contribution in [2.75, 3.05) is 11.6 Å². The monoisotopic (exact) mass is 259 g/mol. The Morgan fingerprint density at radius 3 is 2.67 bits per heavy atom. The minimum atomic E-state index is -2.27. The van der Waals surface area contributed by atoms with Crippen molar-refractivity contribution in [3.8, 4) is 0 Å². The van der Waals surface area contributed by atoms with Crippen molar-refractivity contribution in [3.63, 3.8) is 0 Å². The molecule has 0 saturated heterocycles. The van der Waals surface area contributed by atoms with Gasteiger partial charge in [-0.3, -0.25) is 0 Å². The zero-order valence-electron chi connectivity index (χ0n) is 7.60. The van der Waals surface area contributed by atoms with Crippen LogP contribution in [0.5, 0.6) is 0 Å². The summed E-state index contributed by atoms with van der Waals surface area (Å²) < 4.78 is 41.0. The Bertz CT molecular complexity index is 273. The van der Waals surface area contributed by atoms with E-state index in [0.717, 1.165) is 11.8 Å².